The van der Waals surface area contributed by atoms with Gasteiger partial charge in [-0.2, -0.15) is 0 Å². The number of hydrogen-bond donors (Lipinski definition) is 1. The highest BCUT2D eigenvalue weighted by Gasteiger charge is 2.31. The molecule has 3 aromatic carbocycles. The minimum Gasteiger partial charge on any atom is -0.484 e. The first-order chi connectivity index (χ1) is 17.2. The molecule has 0 aliphatic heterocycles. The molecule has 0 saturated carbocycles. The number of nitrogens with zero attached hydrogens (tertiary/aromatic N) is 1. The second-order valence-electron chi connectivity index (χ2n) is 9.28. The Morgan fingerprint density at radius 3 is 2.19 bits per heavy atom. The molecule has 1 N–H and O–H groups in total. The number of ether oxygens (including phenoxy) is 1. The molecule has 0 spiro atoms. The van der Waals surface area contributed by atoms with Gasteiger partial charge in [0.05, 0.1) is 0 Å². The molecule has 6 heteroatoms. The van der Waals surface area contributed by atoms with Gasteiger partial charge >= 0.3 is 0 Å². The molecule has 190 valence electrons. The smallest absolute Gasteiger partial charge is 0.261 e. The Bertz CT molecular complexity index is 1130. The maximum atomic E-state index is 13.6. The Morgan fingerprint density at radius 2 is 1.58 bits per heavy atom. The van der Waals surface area contributed by atoms with Gasteiger partial charge in [-0.3, -0.25) is 9.59 Å². The molecule has 0 bridgehead atoms. The Morgan fingerprint density at radius 1 is 0.944 bits per heavy atom. The Balaban J connectivity index is 1.91. The van der Waals surface area contributed by atoms with Gasteiger partial charge in [0.2, 0.25) is 5.91 Å². The predicted molar refractivity (Wildman–Crippen MR) is 145 cm³/mol. The normalized spacial score (nSPS) is 12.5. The lowest BCUT2D eigenvalue weighted by molar-refractivity contribution is -0.143. The van der Waals surface area contributed by atoms with E-state index in [1.165, 1.54) is 0 Å². The second-order valence-corrected chi connectivity index (χ2v) is 9.72. The Labute approximate surface area is 219 Å². The van der Waals surface area contributed by atoms with E-state index in [4.69, 9.17) is 16.3 Å². The van der Waals surface area contributed by atoms with Crippen molar-refractivity contribution in [3.63, 3.8) is 0 Å². The summed E-state index contributed by atoms with van der Waals surface area (Å²) in [4.78, 5) is 28.8. The van der Waals surface area contributed by atoms with Crippen molar-refractivity contribution in [3.8, 4) is 5.75 Å². The molecule has 2 atom stereocenters. The van der Waals surface area contributed by atoms with Crippen molar-refractivity contribution in [2.45, 2.75) is 59.2 Å². The maximum absolute atomic E-state index is 13.6. The number of aryl methyl sites for hydroxylation is 2. The van der Waals surface area contributed by atoms with Crippen LogP contribution in [0.3, 0.4) is 0 Å². The summed E-state index contributed by atoms with van der Waals surface area (Å²) in [6.07, 6.45) is 1.19. The van der Waals surface area contributed by atoms with E-state index in [2.05, 4.69) is 11.4 Å². The lowest BCUT2D eigenvalue weighted by Crippen LogP contribution is -2.53. The van der Waals surface area contributed by atoms with E-state index in [-0.39, 0.29) is 31.0 Å². The molecule has 36 heavy (non-hydrogen) atoms. The Hall–Kier alpha value is -3.31. The zero-order chi connectivity index (χ0) is 26.1. The van der Waals surface area contributed by atoms with Crippen LogP contribution < -0.4 is 10.1 Å². The van der Waals surface area contributed by atoms with Gasteiger partial charge in [0, 0.05) is 24.0 Å². The molecule has 0 saturated heterocycles. The van der Waals surface area contributed by atoms with Crippen molar-refractivity contribution >= 4 is 23.4 Å². The molecule has 3 aromatic rings. The topological polar surface area (TPSA) is 58.6 Å². The molecule has 0 fully saturated rings. The average molecular weight is 507 g/mol. The van der Waals surface area contributed by atoms with Crippen molar-refractivity contribution in [3.05, 3.63) is 100 Å². The highest BCUT2D eigenvalue weighted by molar-refractivity contribution is 6.30. The molecule has 3 rings (SSSR count). The van der Waals surface area contributed by atoms with Crippen LogP contribution in [0, 0.1) is 13.8 Å². The summed E-state index contributed by atoms with van der Waals surface area (Å²) in [5.41, 5.74) is 3.98. The molecule has 0 radical (unpaired) electrons. The fourth-order valence-electron chi connectivity index (χ4n) is 4.03. The SMILES string of the molecule is CC[C@H](C)NC(=O)[C@H](Cc1ccccc1)N(Cc1ccc(Cl)cc1)C(=O)COc1cc(C)cc(C)c1. The molecule has 5 nitrogen and oxygen atoms in total. The standard InChI is InChI=1S/C30H35ClN2O3/c1-5-23(4)32-30(35)28(18-24-9-7-6-8-10-24)33(19-25-11-13-26(31)14-12-25)29(34)20-36-27-16-21(2)15-22(3)17-27/h6-17,23,28H,5,18-20H2,1-4H3,(H,32,35)/t23-,28-/m0/s1. The first-order valence-corrected chi connectivity index (χ1v) is 12.7. The minimum atomic E-state index is -0.701. The molecule has 0 heterocycles. The van der Waals surface area contributed by atoms with E-state index in [0.29, 0.717) is 17.2 Å². The van der Waals surface area contributed by atoms with E-state index in [0.717, 1.165) is 28.7 Å². The van der Waals surface area contributed by atoms with Crippen LogP contribution in [-0.2, 0) is 22.6 Å². The fourth-order valence-corrected chi connectivity index (χ4v) is 4.15. The number of amides is 2. The number of benzene rings is 3. The average Bonchev–Trinajstić information content (AvgIpc) is 2.85. The van der Waals surface area contributed by atoms with Gasteiger partial charge < -0.3 is 15.0 Å². The lowest BCUT2D eigenvalue weighted by atomic mass is 10.0. The maximum Gasteiger partial charge on any atom is 0.261 e. The van der Waals surface area contributed by atoms with Crippen LogP contribution in [0.1, 0.15) is 42.5 Å². The van der Waals surface area contributed by atoms with Gasteiger partial charge in [0.1, 0.15) is 11.8 Å². The zero-order valence-electron chi connectivity index (χ0n) is 21.5. The van der Waals surface area contributed by atoms with Crippen LogP contribution in [0.15, 0.2) is 72.8 Å². The van der Waals surface area contributed by atoms with Gasteiger partial charge in [0.25, 0.3) is 5.91 Å². The van der Waals surface area contributed by atoms with Gasteiger partial charge in [0.15, 0.2) is 6.61 Å². The number of hydrogen-bond acceptors (Lipinski definition) is 3. The molecule has 0 unspecified atom stereocenters. The van der Waals surface area contributed by atoms with Gasteiger partial charge in [-0.05, 0) is 73.7 Å². The molecule has 0 aromatic heterocycles. The van der Waals surface area contributed by atoms with Crippen LogP contribution in [0.4, 0.5) is 0 Å². The van der Waals surface area contributed by atoms with E-state index in [1.807, 2.05) is 82.3 Å². The highest BCUT2D eigenvalue weighted by atomic mass is 35.5. The van der Waals surface area contributed by atoms with Gasteiger partial charge in [-0.25, -0.2) is 0 Å². The van der Waals surface area contributed by atoms with Crippen LogP contribution in [0.5, 0.6) is 5.75 Å². The number of rotatable bonds is 11. The second kappa shape index (κ2) is 13.1. The van der Waals surface area contributed by atoms with Crippen molar-refractivity contribution < 1.29 is 14.3 Å². The quantitative estimate of drug-likeness (QED) is 0.352. The van der Waals surface area contributed by atoms with Crippen molar-refractivity contribution in [2.75, 3.05) is 6.61 Å². The number of halogens is 1. The van der Waals surface area contributed by atoms with E-state index in [9.17, 15) is 9.59 Å². The van der Waals surface area contributed by atoms with Crippen LogP contribution in [-0.4, -0.2) is 35.4 Å². The minimum absolute atomic E-state index is 0.00484. The van der Waals surface area contributed by atoms with Gasteiger partial charge in [-0.15, -0.1) is 0 Å². The first kappa shape index (κ1) is 27.3. The third kappa shape index (κ3) is 8.13. The zero-order valence-corrected chi connectivity index (χ0v) is 22.2. The summed E-state index contributed by atoms with van der Waals surface area (Å²) in [6, 6.07) is 22.2. The summed E-state index contributed by atoms with van der Waals surface area (Å²) < 4.78 is 5.91. The summed E-state index contributed by atoms with van der Waals surface area (Å²) >= 11 is 6.08. The number of nitrogens with one attached hydrogen (secondary N) is 1. The highest BCUT2D eigenvalue weighted by Crippen LogP contribution is 2.19. The lowest BCUT2D eigenvalue weighted by Gasteiger charge is -2.32. The predicted octanol–water partition coefficient (Wildman–Crippen LogP) is 5.89. The third-order valence-corrected chi connectivity index (χ3v) is 6.35. The van der Waals surface area contributed by atoms with E-state index < -0.39 is 6.04 Å². The van der Waals surface area contributed by atoms with Crippen LogP contribution in [0.2, 0.25) is 5.02 Å². The van der Waals surface area contributed by atoms with Crippen molar-refractivity contribution in [2.24, 2.45) is 0 Å². The van der Waals surface area contributed by atoms with E-state index >= 15 is 0 Å². The molecule has 0 aliphatic carbocycles. The molecule has 0 aliphatic rings. The fraction of sp³-hybridized carbons (Fsp3) is 0.333. The molecular formula is C30H35ClN2O3. The Kier molecular flexibility index (Phi) is 9.95. The summed E-state index contributed by atoms with van der Waals surface area (Å²) in [5.74, 6) is 0.196. The molecule has 2 amide bonds. The van der Waals surface area contributed by atoms with Crippen LogP contribution >= 0.6 is 11.6 Å². The van der Waals surface area contributed by atoms with Crippen LogP contribution in [0.25, 0.3) is 0 Å². The number of carbonyl (C=O) groups is 2. The molecular weight excluding hydrogens is 472 g/mol. The monoisotopic (exact) mass is 506 g/mol. The summed E-state index contributed by atoms with van der Waals surface area (Å²) in [6.45, 7) is 8.06. The number of carbonyl (C=O) groups excluding carboxylic acids is 2. The summed E-state index contributed by atoms with van der Waals surface area (Å²) in [5, 5.41) is 3.69. The van der Waals surface area contributed by atoms with Crippen molar-refractivity contribution in [1.29, 1.82) is 0 Å². The van der Waals surface area contributed by atoms with E-state index in [1.54, 1.807) is 17.0 Å². The summed E-state index contributed by atoms with van der Waals surface area (Å²) in [7, 11) is 0. The van der Waals surface area contributed by atoms with Gasteiger partial charge in [-0.1, -0.05) is 67.1 Å². The first-order valence-electron chi connectivity index (χ1n) is 12.3. The van der Waals surface area contributed by atoms with Crippen molar-refractivity contribution in [1.82, 2.24) is 10.2 Å². The largest absolute Gasteiger partial charge is 0.484 e. The third-order valence-electron chi connectivity index (χ3n) is 6.10.